The Hall–Kier alpha value is -3.68. The summed E-state index contributed by atoms with van der Waals surface area (Å²) in [5.74, 6) is 2.35. The number of aryl methyl sites for hydroxylation is 2. The van der Waals surface area contributed by atoms with Crippen molar-refractivity contribution in [2.24, 2.45) is 11.5 Å². The minimum absolute atomic E-state index is 0.292. The molecule has 0 aliphatic rings. The van der Waals surface area contributed by atoms with E-state index in [9.17, 15) is 0 Å². The topological polar surface area (TPSA) is 161 Å². The number of fused-ring (bicyclic) bond motifs is 2. The molecule has 0 radical (unpaired) electrons. The summed E-state index contributed by atoms with van der Waals surface area (Å²) in [6, 6.07) is 11.3. The number of nitrogens with two attached hydrogens (primary N) is 4. The van der Waals surface area contributed by atoms with E-state index in [-0.39, 0.29) is 0 Å². The summed E-state index contributed by atoms with van der Waals surface area (Å²) in [5, 5.41) is 11.3. The average Bonchev–Trinajstić information content (AvgIpc) is 3.21. The zero-order chi connectivity index (χ0) is 18.3. The highest BCUT2D eigenvalue weighted by atomic mass is 14.9. The molecule has 4 aromatic rings. The lowest BCUT2D eigenvalue weighted by Gasteiger charge is -1.94. The molecule has 2 aromatic heterocycles. The van der Waals surface area contributed by atoms with Crippen LogP contribution in [-0.4, -0.2) is 31.6 Å². The first-order valence-corrected chi connectivity index (χ1v) is 8.23. The minimum Gasteiger partial charge on any atom is -0.342 e. The molecule has 8 nitrogen and oxygen atoms in total. The molecular weight excluding hydrogens is 328 g/mol. The second kappa shape index (κ2) is 5.99. The zero-order valence-electron chi connectivity index (χ0n) is 14.1. The van der Waals surface area contributed by atoms with Crippen molar-refractivity contribution in [2.45, 2.75) is 12.8 Å². The molecule has 0 aliphatic carbocycles. The first-order chi connectivity index (χ1) is 12.5. The van der Waals surface area contributed by atoms with Crippen molar-refractivity contribution in [2.75, 3.05) is 0 Å². The van der Waals surface area contributed by atoms with E-state index in [1.54, 1.807) is 0 Å². The average molecular weight is 348 g/mol. The van der Waals surface area contributed by atoms with Gasteiger partial charge in [0.2, 0.25) is 0 Å². The Morgan fingerprint density at radius 1 is 0.769 bits per heavy atom. The van der Waals surface area contributed by atoms with Gasteiger partial charge in [-0.3, -0.25) is 22.3 Å². The van der Waals surface area contributed by atoms with Crippen LogP contribution in [0, 0.1) is 0 Å². The van der Waals surface area contributed by atoms with E-state index in [0.717, 1.165) is 57.7 Å². The van der Waals surface area contributed by atoms with Gasteiger partial charge in [0, 0.05) is 12.8 Å². The van der Waals surface area contributed by atoms with E-state index in [1.807, 2.05) is 36.4 Å². The van der Waals surface area contributed by atoms with Gasteiger partial charge < -0.3 is 9.97 Å². The predicted octanol–water partition coefficient (Wildman–Crippen LogP) is -1.85. The lowest BCUT2D eigenvalue weighted by molar-refractivity contribution is -0.115. The van der Waals surface area contributed by atoms with Crippen molar-refractivity contribution < 1.29 is 10.8 Å². The number of aromatic nitrogens is 4. The molecule has 130 valence electrons. The maximum atomic E-state index is 5.64. The second-order valence-electron chi connectivity index (χ2n) is 6.24. The van der Waals surface area contributed by atoms with Crippen LogP contribution in [0.5, 0.6) is 0 Å². The summed E-state index contributed by atoms with van der Waals surface area (Å²) in [6.07, 6.45) is 1.45. The van der Waals surface area contributed by atoms with Crippen molar-refractivity contribution in [3.8, 4) is 0 Å². The highest BCUT2D eigenvalue weighted by Gasteiger charge is 2.10. The van der Waals surface area contributed by atoms with Gasteiger partial charge in [-0.2, -0.15) is 0 Å². The zero-order valence-corrected chi connectivity index (χ0v) is 14.1. The number of H-pyrrole nitrogens is 2. The van der Waals surface area contributed by atoms with E-state index < -0.39 is 0 Å². The van der Waals surface area contributed by atoms with Gasteiger partial charge in [-0.05, 0) is 36.4 Å². The van der Waals surface area contributed by atoms with Gasteiger partial charge in [0.15, 0.2) is 0 Å². The highest BCUT2D eigenvalue weighted by Crippen LogP contribution is 2.16. The fourth-order valence-electron chi connectivity index (χ4n) is 2.96. The summed E-state index contributed by atoms with van der Waals surface area (Å²) < 4.78 is 0. The first-order valence-electron chi connectivity index (χ1n) is 8.23. The van der Waals surface area contributed by atoms with Crippen molar-refractivity contribution >= 4 is 33.7 Å². The molecule has 0 amide bonds. The first kappa shape index (κ1) is 15.8. The Kier molecular flexibility index (Phi) is 3.65. The van der Waals surface area contributed by atoms with Crippen LogP contribution >= 0.6 is 0 Å². The Morgan fingerprint density at radius 3 is 1.58 bits per heavy atom. The van der Waals surface area contributed by atoms with Gasteiger partial charge in [0.25, 0.3) is 11.7 Å². The number of nitrogens with one attached hydrogen (secondary N) is 2. The Morgan fingerprint density at radius 2 is 1.19 bits per heavy atom. The van der Waals surface area contributed by atoms with Crippen LogP contribution in [0.2, 0.25) is 0 Å². The van der Waals surface area contributed by atoms with Gasteiger partial charge in [-0.25, -0.2) is 9.97 Å². The normalized spacial score (nSPS) is 11.2. The number of hydrogen-bond acceptors (Lipinski definition) is 2. The monoisotopic (exact) mass is 348 g/mol. The van der Waals surface area contributed by atoms with Gasteiger partial charge >= 0.3 is 0 Å². The fraction of sp³-hybridized carbons (Fsp3) is 0.111. The van der Waals surface area contributed by atoms with E-state index >= 15 is 0 Å². The number of amidine groups is 2. The Balaban J connectivity index is 1.54. The largest absolute Gasteiger partial charge is 0.342 e. The SMILES string of the molecule is NC(=[NH2+])c1ccc2nc(CCc3nc4ccc(C(N)=[NH2+])cc4[nH]3)[nH]c2c1. The molecule has 8 heteroatoms. The van der Waals surface area contributed by atoms with Gasteiger partial charge in [0.1, 0.15) is 11.6 Å². The molecule has 0 spiro atoms. The number of imidazole rings is 2. The van der Waals surface area contributed by atoms with E-state index in [4.69, 9.17) is 22.3 Å². The van der Waals surface area contributed by atoms with Crippen molar-refractivity contribution in [1.29, 1.82) is 0 Å². The van der Waals surface area contributed by atoms with Gasteiger partial charge in [0.05, 0.1) is 33.2 Å². The number of aromatic amines is 2. The van der Waals surface area contributed by atoms with E-state index in [0.29, 0.717) is 11.7 Å². The summed E-state index contributed by atoms with van der Waals surface area (Å²) >= 11 is 0. The molecule has 0 bridgehead atoms. The quantitative estimate of drug-likeness (QED) is 0.185. The second-order valence-corrected chi connectivity index (χ2v) is 6.24. The third kappa shape index (κ3) is 2.88. The summed E-state index contributed by atoms with van der Waals surface area (Å²) in [6.45, 7) is 0. The lowest BCUT2D eigenvalue weighted by atomic mass is 10.2. The Bertz CT molecular complexity index is 1060. The maximum absolute atomic E-state index is 5.64. The lowest BCUT2D eigenvalue weighted by Crippen LogP contribution is -2.46. The molecule has 4 rings (SSSR count). The number of nitrogens with zero attached hydrogens (tertiary/aromatic N) is 2. The fourth-order valence-corrected chi connectivity index (χ4v) is 2.96. The molecule has 0 saturated carbocycles. The minimum atomic E-state index is 0.292. The number of hydrogen-bond donors (Lipinski definition) is 6. The van der Waals surface area contributed by atoms with Crippen LogP contribution in [-0.2, 0) is 12.8 Å². The molecule has 0 saturated heterocycles. The van der Waals surface area contributed by atoms with Crippen LogP contribution in [0.1, 0.15) is 22.8 Å². The molecular formula is C18H20N8+2. The third-order valence-electron chi connectivity index (χ3n) is 4.33. The number of benzene rings is 2. The molecule has 0 atom stereocenters. The number of rotatable bonds is 5. The van der Waals surface area contributed by atoms with Gasteiger partial charge in [-0.1, -0.05) is 0 Å². The van der Waals surface area contributed by atoms with Crippen molar-refractivity contribution in [1.82, 2.24) is 19.9 Å². The van der Waals surface area contributed by atoms with Crippen LogP contribution < -0.4 is 22.3 Å². The smallest absolute Gasteiger partial charge is 0.270 e. The molecule has 0 unspecified atom stereocenters. The maximum Gasteiger partial charge on any atom is 0.270 e. The molecule has 26 heavy (non-hydrogen) atoms. The third-order valence-corrected chi connectivity index (χ3v) is 4.33. The van der Waals surface area contributed by atoms with Crippen LogP contribution in [0.15, 0.2) is 36.4 Å². The van der Waals surface area contributed by atoms with E-state index in [1.165, 1.54) is 0 Å². The molecule has 0 aliphatic heterocycles. The van der Waals surface area contributed by atoms with Gasteiger partial charge in [-0.15, -0.1) is 0 Å². The van der Waals surface area contributed by atoms with Crippen molar-refractivity contribution in [3.63, 3.8) is 0 Å². The summed E-state index contributed by atoms with van der Waals surface area (Å²) in [4.78, 5) is 15.8. The molecule has 0 fully saturated rings. The molecule has 10 N–H and O–H groups in total. The summed E-state index contributed by atoms with van der Waals surface area (Å²) in [5.41, 5.74) is 16.5. The molecule has 2 aromatic carbocycles. The Labute approximate surface area is 148 Å². The summed E-state index contributed by atoms with van der Waals surface area (Å²) in [7, 11) is 0. The molecule has 2 heterocycles. The highest BCUT2D eigenvalue weighted by molar-refractivity contribution is 5.96. The van der Waals surface area contributed by atoms with Crippen molar-refractivity contribution in [3.05, 3.63) is 59.2 Å². The van der Waals surface area contributed by atoms with Crippen LogP contribution in [0.25, 0.3) is 22.1 Å². The standard InChI is InChI=1S/C18H18N8/c19-17(20)9-1-3-11-13(7-9)25-15(23-11)5-6-16-24-12-4-2-10(18(21)22)8-14(12)26-16/h1-4,7-8H,5-6H2,(H3,19,20)(H3,21,22)(H,23,25)(H,24,26)/p+2. The predicted molar refractivity (Wildman–Crippen MR) is 100 cm³/mol. The van der Waals surface area contributed by atoms with Crippen LogP contribution in [0.4, 0.5) is 0 Å². The van der Waals surface area contributed by atoms with Crippen LogP contribution in [0.3, 0.4) is 0 Å². The van der Waals surface area contributed by atoms with E-state index in [2.05, 4.69) is 19.9 Å².